The van der Waals surface area contributed by atoms with E-state index in [4.69, 9.17) is 11.6 Å². The highest BCUT2D eigenvalue weighted by Crippen LogP contribution is 2.28. The minimum atomic E-state index is -3.75. The van der Waals surface area contributed by atoms with E-state index in [2.05, 4.69) is 0 Å². The zero-order chi connectivity index (χ0) is 14.0. The summed E-state index contributed by atoms with van der Waals surface area (Å²) in [5.41, 5.74) is 0.369. The van der Waals surface area contributed by atoms with E-state index < -0.39 is 15.8 Å². The summed E-state index contributed by atoms with van der Waals surface area (Å²) < 4.78 is 38.6. The van der Waals surface area contributed by atoms with Crippen LogP contribution in [0, 0.1) is 5.82 Å². The van der Waals surface area contributed by atoms with Crippen molar-refractivity contribution in [3.8, 4) is 0 Å². The van der Waals surface area contributed by atoms with Gasteiger partial charge in [-0.05, 0) is 36.4 Å². The number of rotatable bonds is 3. The second kappa shape index (κ2) is 5.19. The maximum atomic E-state index is 12.8. The summed E-state index contributed by atoms with van der Waals surface area (Å²) in [7, 11) is -2.35. The molecule has 0 spiro atoms. The molecule has 0 bridgehead atoms. The molecule has 2 aromatic carbocycles. The van der Waals surface area contributed by atoms with Crippen molar-refractivity contribution in [2.24, 2.45) is 0 Å². The summed E-state index contributed by atoms with van der Waals surface area (Å²) in [5.74, 6) is -0.487. The Balaban J connectivity index is 2.45. The number of hydrogen-bond acceptors (Lipinski definition) is 2. The Kier molecular flexibility index (Phi) is 3.78. The van der Waals surface area contributed by atoms with Gasteiger partial charge >= 0.3 is 0 Å². The van der Waals surface area contributed by atoms with Crippen LogP contribution in [-0.4, -0.2) is 15.5 Å². The van der Waals surface area contributed by atoms with E-state index in [-0.39, 0.29) is 4.90 Å². The van der Waals surface area contributed by atoms with Gasteiger partial charge in [-0.2, -0.15) is 0 Å². The zero-order valence-electron chi connectivity index (χ0n) is 10.0. The maximum Gasteiger partial charge on any atom is 0.264 e. The number of sulfonamides is 1. The van der Waals surface area contributed by atoms with Crippen LogP contribution in [0.15, 0.2) is 53.4 Å². The molecule has 19 heavy (non-hydrogen) atoms. The van der Waals surface area contributed by atoms with E-state index in [1.165, 1.54) is 19.2 Å². The molecule has 0 aliphatic rings. The first-order valence-corrected chi connectivity index (χ1v) is 7.24. The molecule has 0 saturated carbocycles. The summed E-state index contributed by atoms with van der Waals surface area (Å²) in [5, 5.41) is 0.329. The molecule has 0 aliphatic heterocycles. The monoisotopic (exact) mass is 299 g/mol. The van der Waals surface area contributed by atoms with E-state index in [0.29, 0.717) is 10.7 Å². The van der Waals surface area contributed by atoms with Crippen molar-refractivity contribution in [3.63, 3.8) is 0 Å². The zero-order valence-corrected chi connectivity index (χ0v) is 11.6. The molecule has 0 atom stereocenters. The Labute approximate surface area is 116 Å². The van der Waals surface area contributed by atoms with Gasteiger partial charge in [0.1, 0.15) is 5.82 Å². The fraction of sp³-hybridized carbons (Fsp3) is 0.0769. The molecule has 100 valence electrons. The summed E-state index contributed by atoms with van der Waals surface area (Å²) >= 11 is 5.97. The van der Waals surface area contributed by atoms with Crippen molar-refractivity contribution < 1.29 is 12.8 Å². The quantitative estimate of drug-likeness (QED) is 0.872. The molecule has 0 heterocycles. The molecule has 0 fully saturated rings. The number of hydrogen-bond donors (Lipinski definition) is 0. The van der Waals surface area contributed by atoms with Gasteiger partial charge in [0.15, 0.2) is 0 Å². The summed E-state index contributed by atoms with van der Waals surface area (Å²) in [6.45, 7) is 0. The third-order valence-electron chi connectivity index (χ3n) is 2.66. The van der Waals surface area contributed by atoms with Crippen molar-refractivity contribution in [2.45, 2.75) is 4.90 Å². The lowest BCUT2D eigenvalue weighted by Gasteiger charge is -2.20. The van der Waals surface area contributed by atoms with Gasteiger partial charge in [-0.25, -0.2) is 12.8 Å². The fourth-order valence-electron chi connectivity index (χ4n) is 1.60. The Morgan fingerprint density at radius 1 is 1.05 bits per heavy atom. The minimum Gasteiger partial charge on any atom is -0.268 e. The first-order valence-electron chi connectivity index (χ1n) is 5.42. The Bertz CT molecular complexity index is 686. The first kappa shape index (κ1) is 13.8. The average Bonchev–Trinajstić information content (AvgIpc) is 2.39. The summed E-state index contributed by atoms with van der Waals surface area (Å²) in [6, 6.07) is 11.3. The number of para-hydroxylation sites is 1. The molecular weight excluding hydrogens is 289 g/mol. The molecule has 3 nitrogen and oxygen atoms in total. The van der Waals surface area contributed by atoms with E-state index >= 15 is 0 Å². The highest BCUT2D eigenvalue weighted by atomic mass is 35.5. The predicted molar refractivity (Wildman–Crippen MR) is 73.4 cm³/mol. The van der Waals surface area contributed by atoms with Crippen molar-refractivity contribution in [1.29, 1.82) is 0 Å². The van der Waals surface area contributed by atoms with Crippen molar-refractivity contribution in [3.05, 3.63) is 59.4 Å². The van der Waals surface area contributed by atoms with Crippen LogP contribution in [0.4, 0.5) is 10.1 Å². The molecule has 0 N–H and O–H groups in total. The molecule has 6 heteroatoms. The normalized spacial score (nSPS) is 11.3. The van der Waals surface area contributed by atoms with Gasteiger partial charge in [-0.15, -0.1) is 0 Å². The second-order valence-corrected chi connectivity index (χ2v) is 6.25. The molecule has 0 saturated heterocycles. The number of nitrogens with zero attached hydrogens (tertiary/aromatic N) is 1. The van der Waals surface area contributed by atoms with Crippen LogP contribution in [-0.2, 0) is 10.0 Å². The van der Waals surface area contributed by atoms with Gasteiger partial charge in [0.25, 0.3) is 10.0 Å². The first-order chi connectivity index (χ1) is 8.93. The molecule has 0 aromatic heterocycles. The Morgan fingerprint density at radius 2 is 1.63 bits per heavy atom. The molecule has 0 radical (unpaired) electrons. The number of halogens is 2. The standard InChI is InChI=1S/C13H11ClFNO2S/c1-16(13-5-3-2-4-12(13)14)19(17,18)11-8-6-10(15)7-9-11/h2-9H,1H3. The smallest absolute Gasteiger partial charge is 0.264 e. The van der Waals surface area contributed by atoms with Gasteiger partial charge < -0.3 is 0 Å². The van der Waals surface area contributed by atoms with Crippen LogP contribution in [0.5, 0.6) is 0 Å². The van der Waals surface area contributed by atoms with Gasteiger partial charge in [-0.1, -0.05) is 23.7 Å². The lowest BCUT2D eigenvalue weighted by atomic mass is 10.3. The highest BCUT2D eigenvalue weighted by molar-refractivity contribution is 7.92. The second-order valence-electron chi connectivity index (χ2n) is 3.88. The topological polar surface area (TPSA) is 37.4 Å². The number of benzene rings is 2. The van der Waals surface area contributed by atoms with Gasteiger partial charge in [0.2, 0.25) is 0 Å². The van der Waals surface area contributed by atoms with E-state index in [1.807, 2.05) is 0 Å². The largest absolute Gasteiger partial charge is 0.268 e. The van der Waals surface area contributed by atoms with Crippen molar-refractivity contribution in [2.75, 3.05) is 11.4 Å². The van der Waals surface area contributed by atoms with Crippen LogP contribution in [0.1, 0.15) is 0 Å². The number of anilines is 1. The van der Waals surface area contributed by atoms with Crippen LogP contribution >= 0.6 is 11.6 Å². The lowest BCUT2D eigenvalue weighted by molar-refractivity contribution is 0.593. The fourth-order valence-corrected chi connectivity index (χ4v) is 3.13. The summed E-state index contributed by atoms with van der Waals surface area (Å²) in [6.07, 6.45) is 0. The lowest BCUT2D eigenvalue weighted by Crippen LogP contribution is -2.26. The highest BCUT2D eigenvalue weighted by Gasteiger charge is 2.22. The third-order valence-corrected chi connectivity index (χ3v) is 4.77. The van der Waals surface area contributed by atoms with E-state index in [9.17, 15) is 12.8 Å². The van der Waals surface area contributed by atoms with Crippen LogP contribution in [0.2, 0.25) is 5.02 Å². The molecule has 0 unspecified atom stereocenters. The third kappa shape index (κ3) is 2.72. The Hall–Kier alpha value is -1.59. The van der Waals surface area contributed by atoms with Crippen LogP contribution < -0.4 is 4.31 Å². The van der Waals surface area contributed by atoms with Crippen molar-refractivity contribution >= 4 is 27.3 Å². The predicted octanol–water partition coefficient (Wildman–Crippen LogP) is 3.30. The van der Waals surface area contributed by atoms with Crippen molar-refractivity contribution in [1.82, 2.24) is 0 Å². The molecular formula is C13H11ClFNO2S. The van der Waals surface area contributed by atoms with E-state index in [0.717, 1.165) is 16.4 Å². The SMILES string of the molecule is CN(c1ccccc1Cl)S(=O)(=O)c1ccc(F)cc1. The van der Waals surface area contributed by atoms with Gasteiger partial charge in [0.05, 0.1) is 15.6 Å². The van der Waals surface area contributed by atoms with Gasteiger partial charge in [-0.3, -0.25) is 4.31 Å². The van der Waals surface area contributed by atoms with Crippen LogP contribution in [0.3, 0.4) is 0 Å². The molecule has 2 aromatic rings. The molecule has 0 amide bonds. The van der Waals surface area contributed by atoms with E-state index in [1.54, 1.807) is 24.3 Å². The van der Waals surface area contributed by atoms with Gasteiger partial charge in [0, 0.05) is 7.05 Å². The average molecular weight is 300 g/mol. The molecule has 2 rings (SSSR count). The summed E-state index contributed by atoms with van der Waals surface area (Å²) in [4.78, 5) is 0.0105. The Morgan fingerprint density at radius 3 is 2.21 bits per heavy atom. The van der Waals surface area contributed by atoms with Crippen LogP contribution in [0.25, 0.3) is 0 Å². The maximum absolute atomic E-state index is 12.8. The molecule has 0 aliphatic carbocycles. The minimum absolute atomic E-state index is 0.0105.